The monoisotopic (exact) mass is 300 g/mol. The van der Waals surface area contributed by atoms with Crippen molar-refractivity contribution in [3.8, 4) is 0 Å². The predicted molar refractivity (Wildman–Crippen MR) is 85.5 cm³/mol. The zero-order valence-electron chi connectivity index (χ0n) is 13.5. The molecule has 2 atom stereocenters. The number of aromatic nitrogens is 3. The van der Waals surface area contributed by atoms with Crippen LogP contribution in [0.1, 0.15) is 28.4 Å². The molecule has 0 amide bonds. The van der Waals surface area contributed by atoms with Gasteiger partial charge in [-0.1, -0.05) is 0 Å². The largest absolute Gasteiger partial charge is 0.396 e. The second-order valence-electron chi connectivity index (χ2n) is 6.30. The lowest BCUT2D eigenvalue weighted by Crippen LogP contribution is -2.21. The van der Waals surface area contributed by atoms with E-state index in [1.165, 1.54) is 16.8 Å². The lowest BCUT2D eigenvalue weighted by molar-refractivity contribution is 0.213. The Morgan fingerprint density at radius 2 is 1.95 bits per heavy atom. The topological polar surface area (TPSA) is 54.2 Å². The number of aliphatic hydroxyl groups is 1. The molecular formula is C17H24N4O. The van der Waals surface area contributed by atoms with Crippen molar-refractivity contribution in [1.29, 1.82) is 0 Å². The first-order valence-corrected chi connectivity index (χ1v) is 7.82. The van der Waals surface area contributed by atoms with Crippen LogP contribution in [0.15, 0.2) is 24.5 Å². The first-order valence-electron chi connectivity index (χ1n) is 7.82. The second-order valence-corrected chi connectivity index (χ2v) is 6.30. The molecule has 1 fully saturated rings. The van der Waals surface area contributed by atoms with E-state index in [1.807, 2.05) is 24.1 Å². The van der Waals surface area contributed by atoms with Gasteiger partial charge in [-0.3, -0.25) is 14.6 Å². The summed E-state index contributed by atoms with van der Waals surface area (Å²) in [7, 11) is 1.99. The van der Waals surface area contributed by atoms with Gasteiger partial charge in [-0.05, 0) is 31.5 Å². The number of rotatable bonds is 4. The third kappa shape index (κ3) is 2.78. The molecule has 0 radical (unpaired) electrons. The molecule has 5 heteroatoms. The van der Waals surface area contributed by atoms with Crippen molar-refractivity contribution in [2.45, 2.75) is 26.3 Å². The maximum Gasteiger partial charge on any atom is 0.0641 e. The maximum absolute atomic E-state index is 9.74. The molecule has 2 aromatic rings. The Labute approximate surface area is 131 Å². The summed E-state index contributed by atoms with van der Waals surface area (Å²) in [6.07, 6.45) is 3.67. The molecule has 0 spiro atoms. The van der Waals surface area contributed by atoms with Gasteiger partial charge in [-0.25, -0.2) is 0 Å². The molecule has 22 heavy (non-hydrogen) atoms. The van der Waals surface area contributed by atoms with Crippen molar-refractivity contribution >= 4 is 0 Å². The number of hydrogen-bond donors (Lipinski definition) is 1. The van der Waals surface area contributed by atoms with Crippen LogP contribution in [0, 0.1) is 19.8 Å². The van der Waals surface area contributed by atoms with Crippen molar-refractivity contribution in [2.75, 3.05) is 19.7 Å². The fraction of sp³-hybridized carbons (Fsp3) is 0.529. The van der Waals surface area contributed by atoms with Crippen LogP contribution in [0.4, 0.5) is 0 Å². The highest BCUT2D eigenvalue weighted by Gasteiger charge is 2.33. The third-order valence-electron chi connectivity index (χ3n) is 4.93. The van der Waals surface area contributed by atoms with Gasteiger partial charge in [0.15, 0.2) is 0 Å². The van der Waals surface area contributed by atoms with Gasteiger partial charge in [-0.15, -0.1) is 0 Å². The van der Waals surface area contributed by atoms with E-state index in [-0.39, 0.29) is 6.61 Å². The van der Waals surface area contributed by atoms with E-state index in [0.29, 0.717) is 11.8 Å². The Kier molecular flexibility index (Phi) is 4.27. The lowest BCUT2D eigenvalue weighted by Gasteiger charge is -2.16. The zero-order valence-corrected chi connectivity index (χ0v) is 13.5. The van der Waals surface area contributed by atoms with E-state index in [4.69, 9.17) is 0 Å². The van der Waals surface area contributed by atoms with E-state index in [9.17, 15) is 5.11 Å². The van der Waals surface area contributed by atoms with Crippen LogP contribution in [0.25, 0.3) is 0 Å². The van der Waals surface area contributed by atoms with E-state index in [0.717, 1.165) is 25.3 Å². The first kappa shape index (κ1) is 15.2. The highest BCUT2D eigenvalue weighted by molar-refractivity contribution is 5.25. The van der Waals surface area contributed by atoms with Gasteiger partial charge in [0, 0.05) is 68.8 Å². The van der Waals surface area contributed by atoms with Gasteiger partial charge < -0.3 is 5.11 Å². The number of pyridine rings is 1. The zero-order chi connectivity index (χ0) is 15.7. The number of nitrogens with zero attached hydrogens (tertiary/aromatic N) is 4. The summed E-state index contributed by atoms with van der Waals surface area (Å²) < 4.78 is 1.95. The smallest absolute Gasteiger partial charge is 0.0641 e. The molecule has 0 bridgehead atoms. The van der Waals surface area contributed by atoms with Crippen LogP contribution in [-0.2, 0) is 13.6 Å². The molecule has 0 aliphatic carbocycles. The fourth-order valence-electron chi connectivity index (χ4n) is 3.53. The molecule has 3 rings (SSSR count). The molecule has 1 aliphatic rings. The minimum atomic E-state index is 0.231. The normalized spacial score (nSPS) is 22.4. The predicted octanol–water partition coefficient (Wildman–Crippen LogP) is 1.64. The van der Waals surface area contributed by atoms with Crippen molar-refractivity contribution in [3.63, 3.8) is 0 Å². The highest BCUT2D eigenvalue weighted by atomic mass is 16.3. The van der Waals surface area contributed by atoms with Crippen LogP contribution in [0.3, 0.4) is 0 Å². The van der Waals surface area contributed by atoms with Gasteiger partial charge in [-0.2, -0.15) is 5.10 Å². The molecule has 118 valence electrons. The van der Waals surface area contributed by atoms with Crippen LogP contribution < -0.4 is 0 Å². The number of aryl methyl sites for hydroxylation is 2. The summed E-state index contributed by atoms with van der Waals surface area (Å²) in [4.78, 5) is 6.53. The summed E-state index contributed by atoms with van der Waals surface area (Å²) in [5, 5.41) is 14.2. The second kappa shape index (κ2) is 6.18. The average Bonchev–Trinajstić information content (AvgIpc) is 3.05. The van der Waals surface area contributed by atoms with E-state index >= 15 is 0 Å². The molecule has 0 unspecified atom stereocenters. The van der Waals surface area contributed by atoms with E-state index in [1.54, 1.807) is 0 Å². The van der Waals surface area contributed by atoms with Gasteiger partial charge in [0.25, 0.3) is 0 Å². The number of hydrogen-bond acceptors (Lipinski definition) is 4. The summed E-state index contributed by atoms with van der Waals surface area (Å²) in [6, 6.07) is 4.13. The number of likely N-dealkylation sites (tertiary alicyclic amines) is 1. The summed E-state index contributed by atoms with van der Waals surface area (Å²) >= 11 is 0. The lowest BCUT2D eigenvalue weighted by atomic mass is 9.90. The summed E-state index contributed by atoms with van der Waals surface area (Å²) in [6.45, 7) is 7.23. The van der Waals surface area contributed by atoms with Crippen molar-refractivity contribution < 1.29 is 5.11 Å². The van der Waals surface area contributed by atoms with Crippen LogP contribution >= 0.6 is 0 Å². The Bertz CT molecular complexity index is 638. The van der Waals surface area contributed by atoms with E-state index in [2.05, 4.69) is 41.0 Å². The Morgan fingerprint density at radius 3 is 2.55 bits per heavy atom. The molecule has 1 aliphatic heterocycles. The summed E-state index contributed by atoms with van der Waals surface area (Å²) in [5.74, 6) is 0.671. The third-order valence-corrected chi connectivity index (χ3v) is 4.93. The van der Waals surface area contributed by atoms with Gasteiger partial charge in [0.2, 0.25) is 0 Å². The summed E-state index contributed by atoms with van der Waals surface area (Å²) in [5.41, 5.74) is 4.92. The number of aliphatic hydroxyl groups excluding tert-OH is 1. The minimum Gasteiger partial charge on any atom is -0.396 e. The van der Waals surface area contributed by atoms with Gasteiger partial charge >= 0.3 is 0 Å². The average molecular weight is 300 g/mol. The molecule has 3 heterocycles. The van der Waals surface area contributed by atoms with Gasteiger partial charge in [0.05, 0.1) is 5.69 Å². The Morgan fingerprint density at radius 1 is 1.23 bits per heavy atom. The van der Waals surface area contributed by atoms with Crippen LogP contribution in [0.5, 0.6) is 0 Å². The molecule has 5 nitrogen and oxygen atoms in total. The molecule has 0 saturated carbocycles. The van der Waals surface area contributed by atoms with Crippen molar-refractivity contribution in [2.24, 2.45) is 13.0 Å². The highest BCUT2D eigenvalue weighted by Crippen LogP contribution is 2.33. The Balaban J connectivity index is 1.77. The SMILES string of the molecule is Cc1nn(C)c(C)c1CN1C[C@@H](CO)[C@H](c2ccncc2)C1. The van der Waals surface area contributed by atoms with Crippen LogP contribution in [-0.4, -0.2) is 44.5 Å². The quantitative estimate of drug-likeness (QED) is 0.932. The molecule has 0 aromatic carbocycles. The maximum atomic E-state index is 9.74. The Hall–Kier alpha value is -1.72. The van der Waals surface area contributed by atoms with Gasteiger partial charge in [0.1, 0.15) is 0 Å². The molecule has 1 N–H and O–H groups in total. The molecular weight excluding hydrogens is 276 g/mol. The van der Waals surface area contributed by atoms with Crippen molar-refractivity contribution in [3.05, 3.63) is 47.0 Å². The molecule has 1 saturated heterocycles. The standard InChI is InChI=1S/C17H24N4O/c1-12-16(13(2)20(3)19-12)9-21-8-15(11-22)17(10-21)14-4-6-18-7-5-14/h4-7,15,17,22H,8-11H2,1-3H3/t15-,17-/m0/s1. The first-order chi connectivity index (χ1) is 10.6. The fourth-order valence-corrected chi connectivity index (χ4v) is 3.53. The van der Waals surface area contributed by atoms with Crippen LogP contribution in [0.2, 0.25) is 0 Å². The van der Waals surface area contributed by atoms with E-state index < -0.39 is 0 Å². The van der Waals surface area contributed by atoms with Crippen molar-refractivity contribution in [1.82, 2.24) is 19.7 Å². The molecule has 2 aromatic heterocycles. The minimum absolute atomic E-state index is 0.231.